The standard InChI is InChI=1S/C6H5N.2C6H5.2Zn/c7-6-4-2-1-3-5-6;2*1-2-4-6-5-3-1;;/h1-5H;2*1-5H;;. The first kappa shape index (κ1) is 14.6. The summed E-state index contributed by atoms with van der Waals surface area (Å²) >= 11 is -1.84. The molecule has 0 amide bonds. The summed E-state index contributed by atoms with van der Waals surface area (Å²) in [5.74, 6) is 0. The van der Waals surface area contributed by atoms with E-state index in [9.17, 15) is 0 Å². The monoisotopic (exact) mass is 373 g/mol. The van der Waals surface area contributed by atoms with Crippen molar-refractivity contribution < 1.29 is 34.7 Å². The van der Waals surface area contributed by atoms with Gasteiger partial charge in [0.2, 0.25) is 0 Å². The molecule has 0 heterocycles. The summed E-state index contributed by atoms with van der Waals surface area (Å²) < 4.78 is 5.91. The first-order chi connectivity index (χ1) is 10.4. The molecule has 0 aromatic heterocycles. The zero-order valence-corrected chi connectivity index (χ0v) is 18.0. The minimum atomic E-state index is -0.921. The molecule has 0 spiro atoms. The van der Waals surface area contributed by atoms with Crippen molar-refractivity contribution in [3.63, 3.8) is 0 Å². The molecule has 0 aliphatic carbocycles. The van der Waals surface area contributed by atoms with Crippen LogP contribution in [-0.2, 0) is 34.7 Å². The van der Waals surface area contributed by atoms with Gasteiger partial charge in [-0.2, -0.15) is 0 Å². The molecule has 0 unspecified atom stereocenters. The Balaban J connectivity index is 1.84. The van der Waals surface area contributed by atoms with Gasteiger partial charge in [-0.05, 0) is 0 Å². The molecule has 0 aliphatic heterocycles. The molecule has 0 atom stereocenters. The Labute approximate surface area is 141 Å². The van der Waals surface area contributed by atoms with Crippen molar-refractivity contribution in [1.29, 1.82) is 0 Å². The van der Waals surface area contributed by atoms with E-state index in [0.29, 0.717) is 0 Å². The minimum absolute atomic E-state index is 0.921. The zero-order chi connectivity index (χ0) is 14.3. The van der Waals surface area contributed by atoms with Gasteiger partial charge in [0.25, 0.3) is 0 Å². The summed E-state index contributed by atoms with van der Waals surface area (Å²) in [6.07, 6.45) is 0. The number of hydrogen-bond donors (Lipinski definition) is 0. The quantitative estimate of drug-likeness (QED) is 0.619. The fourth-order valence-electron chi connectivity index (χ4n) is 2.48. The second-order valence-electron chi connectivity index (χ2n) is 5.16. The molecule has 3 heteroatoms. The molecule has 0 fully saturated rings. The van der Waals surface area contributed by atoms with Crippen LogP contribution in [0, 0.1) is 0 Å². The predicted octanol–water partition coefficient (Wildman–Crippen LogP) is 3.14. The summed E-state index contributed by atoms with van der Waals surface area (Å²) in [5.41, 5.74) is 1.42. The van der Waals surface area contributed by atoms with Gasteiger partial charge in [-0.15, -0.1) is 0 Å². The van der Waals surface area contributed by atoms with Gasteiger partial charge in [-0.1, -0.05) is 0 Å². The number of benzene rings is 3. The Morgan fingerprint density at radius 3 is 1.29 bits per heavy atom. The van der Waals surface area contributed by atoms with Crippen LogP contribution in [0.25, 0.3) is 0 Å². The van der Waals surface area contributed by atoms with E-state index in [-0.39, 0.29) is 0 Å². The van der Waals surface area contributed by atoms with Crippen LogP contribution in [0.4, 0.5) is 5.69 Å². The van der Waals surface area contributed by atoms with Crippen LogP contribution >= 0.6 is 0 Å². The van der Waals surface area contributed by atoms with Crippen LogP contribution in [0.15, 0.2) is 91.0 Å². The normalized spacial score (nSPS) is 9.52. The van der Waals surface area contributed by atoms with Crippen molar-refractivity contribution >= 4 is 14.0 Å². The third-order valence-electron chi connectivity index (χ3n) is 3.55. The molecule has 0 saturated heterocycles. The molecule has 3 rings (SSSR count). The summed E-state index contributed by atoms with van der Waals surface area (Å²) in [6, 6.07) is 33.0. The van der Waals surface area contributed by atoms with Crippen LogP contribution in [-0.4, -0.2) is 0 Å². The molecule has 3 aromatic carbocycles. The van der Waals surface area contributed by atoms with Crippen LogP contribution in [0.5, 0.6) is 0 Å². The van der Waals surface area contributed by atoms with E-state index in [2.05, 4.69) is 93.4 Å². The third kappa shape index (κ3) is 4.33. The average Bonchev–Trinajstić information content (AvgIpc) is 2.57. The number of nitrogens with zero attached hydrogens (tertiary/aromatic N) is 1. The molecule has 3 aromatic rings. The van der Waals surface area contributed by atoms with Crippen LogP contribution in [0.2, 0.25) is 0 Å². The molecule has 96 valence electrons. The van der Waals surface area contributed by atoms with Crippen LogP contribution in [0.1, 0.15) is 0 Å². The molecule has 0 N–H and O–H groups in total. The van der Waals surface area contributed by atoms with Gasteiger partial charge in [-0.25, -0.2) is 0 Å². The zero-order valence-electron chi connectivity index (χ0n) is 12.0. The molecule has 0 saturated carbocycles. The Hall–Kier alpha value is -1.29. The van der Waals surface area contributed by atoms with Crippen molar-refractivity contribution in [3.8, 4) is 0 Å². The second kappa shape index (κ2) is 7.64. The topological polar surface area (TPSA) is 3.24 Å². The van der Waals surface area contributed by atoms with Crippen molar-refractivity contribution in [2.24, 2.45) is 0 Å². The molecule has 1 nitrogen and oxygen atoms in total. The molecule has 0 bridgehead atoms. The Bertz CT molecular complexity index is 615. The van der Waals surface area contributed by atoms with Gasteiger partial charge in [0.1, 0.15) is 0 Å². The van der Waals surface area contributed by atoms with Gasteiger partial charge >= 0.3 is 142 Å². The number of anilines is 1. The molecule has 21 heavy (non-hydrogen) atoms. The first-order valence-electron chi connectivity index (χ1n) is 7.30. The summed E-state index contributed by atoms with van der Waals surface area (Å²) in [6.45, 7) is 0. The predicted molar refractivity (Wildman–Crippen MR) is 81.1 cm³/mol. The van der Waals surface area contributed by atoms with E-state index in [0.717, 1.165) is 0 Å². The van der Waals surface area contributed by atoms with Crippen molar-refractivity contribution in [2.45, 2.75) is 0 Å². The van der Waals surface area contributed by atoms with E-state index >= 15 is 0 Å². The van der Waals surface area contributed by atoms with Crippen molar-refractivity contribution in [3.05, 3.63) is 91.0 Å². The van der Waals surface area contributed by atoms with E-state index in [1.807, 2.05) is 0 Å². The Morgan fingerprint density at radius 2 is 0.857 bits per heavy atom. The van der Waals surface area contributed by atoms with Gasteiger partial charge < -0.3 is 0 Å². The number of hydrogen-bond acceptors (Lipinski definition) is 1. The SMILES string of the molecule is c1cc[c]([Zn][N]([Zn][c]2ccccc2)c2ccccc2)cc1. The first-order valence-corrected chi connectivity index (χ1v) is 12.9. The third-order valence-corrected chi connectivity index (χ3v) is 15.1. The Morgan fingerprint density at radius 1 is 0.476 bits per heavy atom. The van der Waals surface area contributed by atoms with E-state index in [1.165, 1.54) is 5.69 Å². The van der Waals surface area contributed by atoms with Crippen LogP contribution in [0.3, 0.4) is 0 Å². The van der Waals surface area contributed by atoms with Crippen LogP contribution < -0.4 is 10.7 Å². The summed E-state index contributed by atoms with van der Waals surface area (Å²) in [7, 11) is 0. The van der Waals surface area contributed by atoms with Crippen molar-refractivity contribution in [1.82, 2.24) is 0 Å². The maximum atomic E-state index is 2.78. The molecular weight excluding hydrogens is 361 g/mol. The summed E-state index contributed by atoms with van der Waals surface area (Å²) in [4.78, 5) is 0. The average molecular weight is 376 g/mol. The maximum absolute atomic E-state index is 2.78. The molecular formula is C18H15NZn2. The van der Waals surface area contributed by atoms with E-state index in [1.54, 1.807) is 8.32 Å². The fraction of sp³-hybridized carbons (Fsp3) is 0. The second-order valence-corrected chi connectivity index (χ2v) is 17.1. The summed E-state index contributed by atoms with van der Waals surface area (Å²) in [5, 5.41) is 0. The fourth-order valence-corrected chi connectivity index (χ4v) is 15.1. The molecule has 0 radical (unpaired) electrons. The van der Waals surface area contributed by atoms with Gasteiger partial charge in [0, 0.05) is 0 Å². The Kier molecular flexibility index (Phi) is 5.32. The van der Waals surface area contributed by atoms with Gasteiger partial charge in [-0.3, -0.25) is 0 Å². The van der Waals surface area contributed by atoms with E-state index in [4.69, 9.17) is 0 Å². The number of rotatable bonds is 5. The van der Waals surface area contributed by atoms with Crippen molar-refractivity contribution in [2.75, 3.05) is 2.39 Å². The van der Waals surface area contributed by atoms with E-state index < -0.39 is 34.7 Å². The number of para-hydroxylation sites is 1. The van der Waals surface area contributed by atoms with Gasteiger partial charge in [0.05, 0.1) is 0 Å². The van der Waals surface area contributed by atoms with Gasteiger partial charge in [0.15, 0.2) is 0 Å². The molecule has 0 aliphatic rings.